The van der Waals surface area contributed by atoms with Gasteiger partial charge in [0.2, 0.25) is 5.91 Å². The van der Waals surface area contributed by atoms with E-state index in [0.717, 1.165) is 49.4 Å². The van der Waals surface area contributed by atoms with Gasteiger partial charge in [0.05, 0.1) is 24.9 Å². The zero-order chi connectivity index (χ0) is 29.9. The minimum atomic E-state index is -0.762. The van der Waals surface area contributed by atoms with E-state index in [0.29, 0.717) is 51.9 Å². The third kappa shape index (κ3) is 6.18. The lowest BCUT2D eigenvalue weighted by Crippen LogP contribution is -2.49. The summed E-state index contributed by atoms with van der Waals surface area (Å²) in [6, 6.07) is 13.4. The second-order valence-electron chi connectivity index (χ2n) is 11.8. The van der Waals surface area contributed by atoms with Crippen LogP contribution in [0.3, 0.4) is 0 Å². The molecule has 1 amide bonds. The predicted molar refractivity (Wildman–Crippen MR) is 168 cm³/mol. The molecule has 4 heterocycles. The lowest BCUT2D eigenvalue weighted by Gasteiger charge is -2.38. The Morgan fingerprint density at radius 3 is 2.65 bits per heavy atom. The van der Waals surface area contributed by atoms with Gasteiger partial charge in [0.25, 0.3) is 0 Å². The molecule has 2 unspecified atom stereocenters. The average Bonchev–Trinajstić information content (AvgIpc) is 3.49. The zero-order valence-corrected chi connectivity index (χ0v) is 25.0. The van der Waals surface area contributed by atoms with Gasteiger partial charge in [0.1, 0.15) is 12.4 Å². The van der Waals surface area contributed by atoms with Gasteiger partial charge in [-0.15, -0.1) is 0 Å². The molecule has 228 valence electrons. The van der Waals surface area contributed by atoms with Crippen molar-refractivity contribution in [3.8, 4) is 6.01 Å². The Labute approximate surface area is 253 Å². The summed E-state index contributed by atoms with van der Waals surface area (Å²) < 4.78 is 6.31. The second-order valence-corrected chi connectivity index (χ2v) is 11.8. The Hall–Kier alpha value is -3.73. The van der Waals surface area contributed by atoms with Gasteiger partial charge in [-0.1, -0.05) is 36.9 Å². The summed E-state index contributed by atoms with van der Waals surface area (Å²) in [5.74, 6) is 0.861. The minimum absolute atomic E-state index is 0.0400. The first-order chi connectivity index (χ1) is 20.9. The lowest BCUT2D eigenvalue weighted by molar-refractivity contribution is -0.126. The highest BCUT2D eigenvalue weighted by molar-refractivity contribution is 5.97. The van der Waals surface area contributed by atoms with Crippen LogP contribution in [0.2, 0.25) is 0 Å². The van der Waals surface area contributed by atoms with Crippen molar-refractivity contribution in [3.05, 3.63) is 65.9 Å². The molecule has 3 aliphatic rings. The third-order valence-electron chi connectivity index (χ3n) is 9.08. The Balaban J connectivity index is 1.28. The number of hydrogen-bond acceptors (Lipinski definition) is 9. The number of anilines is 2. The number of carbonyl (C=O) groups is 1. The first-order valence-electron chi connectivity index (χ1n) is 15.4. The molecule has 3 aliphatic heterocycles. The van der Waals surface area contributed by atoms with Crippen LogP contribution in [0.25, 0.3) is 10.8 Å². The average molecular weight is 587 g/mol. The molecular formula is C33H42N6O4. The van der Waals surface area contributed by atoms with E-state index < -0.39 is 6.10 Å². The fourth-order valence-corrected chi connectivity index (χ4v) is 6.78. The SMILES string of the molecule is C=CC(=O)N1CCN(c2nc(OCC3CCCN3CC(O)CO)nc3c2CCN(c2cccc4cccc(C)c24)C3)CC1. The highest BCUT2D eigenvalue weighted by atomic mass is 16.5. The van der Waals surface area contributed by atoms with Gasteiger partial charge in [0.15, 0.2) is 0 Å². The normalized spacial score (nSPS) is 19.9. The van der Waals surface area contributed by atoms with Crippen molar-refractivity contribution in [1.82, 2.24) is 19.8 Å². The molecule has 0 aliphatic carbocycles. The van der Waals surface area contributed by atoms with Crippen molar-refractivity contribution in [2.75, 3.05) is 68.8 Å². The van der Waals surface area contributed by atoms with E-state index in [-0.39, 0.29) is 18.6 Å². The Kier molecular flexibility index (Phi) is 8.78. The smallest absolute Gasteiger partial charge is 0.318 e. The Morgan fingerprint density at radius 2 is 1.88 bits per heavy atom. The van der Waals surface area contributed by atoms with Crippen molar-refractivity contribution >= 4 is 28.2 Å². The molecule has 0 spiro atoms. The molecule has 2 aromatic carbocycles. The van der Waals surface area contributed by atoms with Gasteiger partial charge in [-0.25, -0.2) is 0 Å². The van der Waals surface area contributed by atoms with Gasteiger partial charge >= 0.3 is 6.01 Å². The van der Waals surface area contributed by atoms with E-state index in [9.17, 15) is 15.0 Å². The van der Waals surface area contributed by atoms with E-state index in [1.54, 1.807) is 0 Å². The number of aliphatic hydroxyl groups excluding tert-OH is 2. The van der Waals surface area contributed by atoms with Crippen LogP contribution < -0.4 is 14.5 Å². The second kappa shape index (κ2) is 12.9. The Bertz CT molecular complexity index is 1470. The van der Waals surface area contributed by atoms with Gasteiger partial charge in [-0.2, -0.15) is 9.97 Å². The molecule has 2 N–H and O–H groups in total. The van der Waals surface area contributed by atoms with Crippen LogP contribution in [0.15, 0.2) is 49.1 Å². The molecule has 43 heavy (non-hydrogen) atoms. The molecule has 2 saturated heterocycles. The van der Waals surface area contributed by atoms with Crippen LogP contribution in [0.4, 0.5) is 11.5 Å². The summed E-state index contributed by atoms with van der Waals surface area (Å²) in [5, 5.41) is 21.8. The minimum Gasteiger partial charge on any atom is -0.462 e. The number of amides is 1. The van der Waals surface area contributed by atoms with Gasteiger partial charge in [-0.3, -0.25) is 9.69 Å². The maximum Gasteiger partial charge on any atom is 0.318 e. The fraction of sp³-hybridized carbons (Fsp3) is 0.485. The largest absolute Gasteiger partial charge is 0.462 e. The van der Waals surface area contributed by atoms with Gasteiger partial charge in [0, 0.05) is 61.9 Å². The third-order valence-corrected chi connectivity index (χ3v) is 9.08. The molecule has 10 heteroatoms. The van der Waals surface area contributed by atoms with Crippen LogP contribution >= 0.6 is 0 Å². The maximum atomic E-state index is 12.2. The number of benzene rings is 2. The Morgan fingerprint density at radius 1 is 1.09 bits per heavy atom. The number of aliphatic hydroxyl groups is 2. The van der Waals surface area contributed by atoms with Gasteiger partial charge < -0.3 is 29.6 Å². The fourth-order valence-electron chi connectivity index (χ4n) is 6.78. The lowest BCUT2D eigenvalue weighted by atomic mass is 9.99. The number of ether oxygens (including phenoxy) is 1. The highest BCUT2D eigenvalue weighted by Crippen LogP contribution is 2.35. The summed E-state index contributed by atoms with van der Waals surface area (Å²) in [6.07, 6.45) is 3.42. The zero-order valence-electron chi connectivity index (χ0n) is 25.0. The maximum absolute atomic E-state index is 12.2. The number of likely N-dealkylation sites (tertiary alicyclic amines) is 1. The molecular weight excluding hydrogens is 544 g/mol. The van der Waals surface area contributed by atoms with Crippen molar-refractivity contribution in [2.24, 2.45) is 0 Å². The predicted octanol–water partition coefficient (Wildman–Crippen LogP) is 2.53. The summed E-state index contributed by atoms with van der Waals surface area (Å²) in [5.41, 5.74) is 4.59. The number of hydrogen-bond donors (Lipinski definition) is 2. The van der Waals surface area contributed by atoms with Crippen molar-refractivity contribution in [1.29, 1.82) is 0 Å². The standard InChI is InChI=1S/C33H42N6O4/c1-3-30(42)36-15-17-37(18-16-36)32-27-12-14-39(29-11-5-9-24-8-4-7-23(2)31(24)29)20-28(27)34-33(35-32)43-22-25-10-6-13-38(25)19-26(41)21-40/h3-5,7-9,11,25-26,40-41H,1,6,10,12-22H2,2H3. The number of carbonyl (C=O) groups excluding carboxylic acids is 1. The molecule has 0 bridgehead atoms. The number of rotatable bonds is 9. The first-order valence-corrected chi connectivity index (χ1v) is 15.4. The molecule has 0 saturated carbocycles. The van der Waals surface area contributed by atoms with Crippen LogP contribution in [-0.4, -0.2) is 107 Å². The number of piperazine rings is 1. The number of aromatic nitrogens is 2. The highest BCUT2D eigenvalue weighted by Gasteiger charge is 2.31. The number of nitrogens with zero attached hydrogens (tertiary/aromatic N) is 6. The molecule has 2 atom stereocenters. The van der Waals surface area contributed by atoms with Crippen LogP contribution in [-0.2, 0) is 17.8 Å². The number of fused-ring (bicyclic) bond motifs is 2. The van der Waals surface area contributed by atoms with Crippen molar-refractivity contribution < 1.29 is 19.7 Å². The summed E-state index contributed by atoms with van der Waals surface area (Å²) >= 11 is 0. The molecule has 2 fully saturated rings. The quantitative estimate of drug-likeness (QED) is 0.366. The topological polar surface area (TPSA) is 106 Å². The molecule has 1 aromatic heterocycles. The van der Waals surface area contributed by atoms with E-state index in [1.807, 2.05) is 4.90 Å². The van der Waals surface area contributed by atoms with Crippen LogP contribution in [0.1, 0.15) is 29.7 Å². The summed E-state index contributed by atoms with van der Waals surface area (Å²) in [6.45, 7) is 11.4. The molecule has 6 rings (SSSR count). The molecule has 0 radical (unpaired) electrons. The number of aryl methyl sites for hydroxylation is 1. The van der Waals surface area contributed by atoms with Crippen LogP contribution in [0, 0.1) is 6.92 Å². The van der Waals surface area contributed by atoms with E-state index in [1.165, 1.54) is 28.1 Å². The monoisotopic (exact) mass is 586 g/mol. The number of β-amino-alcohol motifs (C(OH)–C–C–N with tert-alkyl or cyclic N) is 1. The first kappa shape index (κ1) is 29.3. The van der Waals surface area contributed by atoms with Crippen molar-refractivity contribution in [2.45, 2.75) is 44.9 Å². The van der Waals surface area contributed by atoms with E-state index >= 15 is 0 Å². The van der Waals surface area contributed by atoms with Crippen LogP contribution in [0.5, 0.6) is 6.01 Å². The van der Waals surface area contributed by atoms with E-state index in [4.69, 9.17) is 14.7 Å². The van der Waals surface area contributed by atoms with E-state index in [2.05, 4.69) is 64.6 Å². The molecule has 3 aromatic rings. The summed E-state index contributed by atoms with van der Waals surface area (Å²) in [7, 11) is 0. The van der Waals surface area contributed by atoms with Crippen molar-refractivity contribution in [3.63, 3.8) is 0 Å². The molecule has 10 nitrogen and oxygen atoms in total. The summed E-state index contributed by atoms with van der Waals surface area (Å²) in [4.78, 5) is 30.8. The van der Waals surface area contributed by atoms with Gasteiger partial charge in [-0.05, 0) is 55.8 Å².